The van der Waals surface area contributed by atoms with E-state index in [0.717, 1.165) is 12.8 Å². The number of hydrogen-bond donors (Lipinski definition) is 1. The first-order chi connectivity index (χ1) is 14.1. The quantitative estimate of drug-likeness (QED) is 0.528. The van der Waals surface area contributed by atoms with E-state index < -0.39 is 6.10 Å². The molecule has 1 aliphatic rings. The van der Waals surface area contributed by atoms with Gasteiger partial charge in [-0.05, 0) is 31.0 Å². The van der Waals surface area contributed by atoms with Crippen molar-refractivity contribution in [3.05, 3.63) is 65.7 Å². The predicted molar refractivity (Wildman–Crippen MR) is 106 cm³/mol. The van der Waals surface area contributed by atoms with Crippen molar-refractivity contribution < 1.29 is 18.6 Å². The maximum atomic E-state index is 14.2. The van der Waals surface area contributed by atoms with E-state index in [9.17, 15) is 13.9 Å². The molecule has 1 saturated carbocycles. The number of nitrogens with zero attached hydrogens (tertiary/aromatic N) is 3. The van der Waals surface area contributed by atoms with Crippen LogP contribution in [0.4, 0.5) is 8.78 Å². The molecular formula is C21H21F2N3O2S. The molecule has 0 radical (unpaired) electrons. The van der Waals surface area contributed by atoms with Crippen LogP contribution >= 0.6 is 11.8 Å². The Morgan fingerprint density at radius 1 is 1.07 bits per heavy atom. The van der Waals surface area contributed by atoms with Gasteiger partial charge in [0, 0.05) is 17.4 Å². The number of aromatic nitrogens is 3. The van der Waals surface area contributed by atoms with Crippen LogP contribution in [0.5, 0.6) is 0 Å². The maximum Gasteiger partial charge on any atom is 0.191 e. The van der Waals surface area contributed by atoms with Crippen LogP contribution in [0.3, 0.4) is 0 Å². The zero-order valence-electron chi connectivity index (χ0n) is 15.7. The Kier molecular flexibility index (Phi) is 6.22. The largest absolute Gasteiger partial charge is 0.390 e. The highest BCUT2D eigenvalue weighted by atomic mass is 32.2. The fraction of sp³-hybridized carbons (Fsp3) is 0.333. The van der Waals surface area contributed by atoms with Gasteiger partial charge in [0.1, 0.15) is 11.6 Å². The fourth-order valence-electron chi connectivity index (χ4n) is 3.00. The third kappa shape index (κ3) is 4.83. The van der Waals surface area contributed by atoms with Gasteiger partial charge in [-0.25, -0.2) is 8.78 Å². The van der Waals surface area contributed by atoms with Crippen molar-refractivity contribution in [2.45, 2.75) is 36.8 Å². The molecule has 152 valence electrons. The Morgan fingerprint density at radius 2 is 1.79 bits per heavy atom. The van der Waals surface area contributed by atoms with Gasteiger partial charge in [0.05, 0.1) is 24.9 Å². The van der Waals surface area contributed by atoms with Crippen LogP contribution < -0.4 is 0 Å². The molecule has 4 rings (SSSR count). The maximum absolute atomic E-state index is 14.2. The lowest BCUT2D eigenvalue weighted by molar-refractivity contribution is 0.0386. The van der Waals surface area contributed by atoms with E-state index in [2.05, 4.69) is 10.2 Å². The van der Waals surface area contributed by atoms with Crippen LogP contribution in [0.2, 0.25) is 0 Å². The van der Waals surface area contributed by atoms with E-state index in [1.807, 2.05) is 4.57 Å². The number of thioether (sulfide) groups is 1. The first-order valence-corrected chi connectivity index (χ1v) is 10.4. The number of hydrogen-bond acceptors (Lipinski definition) is 5. The molecule has 0 bridgehead atoms. The number of benzene rings is 2. The molecular weight excluding hydrogens is 396 g/mol. The third-order valence-electron chi connectivity index (χ3n) is 4.62. The van der Waals surface area contributed by atoms with Gasteiger partial charge in [-0.3, -0.25) is 4.57 Å². The minimum absolute atomic E-state index is 0.0824. The van der Waals surface area contributed by atoms with Gasteiger partial charge in [-0.1, -0.05) is 42.1 Å². The lowest BCUT2D eigenvalue weighted by Crippen LogP contribution is -2.18. The second kappa shape index (κ2) is 9.02. The highest BCUT2D eigenvalue weighted by Gasteiger charge is 2.31. The number of halogens is 2. The normalized spacial score (nSPS) is 14.9. The Morgan fingerprint density at radius 3 is 2.52 bits per heavy atom. The summed E-state index contributed by atoms with van der Waals surface area (Å²) < 4.78 is 35.2. The highest BCUT2D eigenvalue weighted by molar-refractivity contribution is 7.99. The summed E-state index contributed by atoms with van der Waals surface area (Å²) in [6.45, 7) is 0.184. The van der Waals surface area contributed by atoms with Crippen molar-refractivity contribution >= 4 is 11.8 Å². The summed E-state index contributed by atoms with van der Waals surface area (Å²) in [7, 11) is 0. The van der Waals surface area contributed by atoms with Crippen LogP contribution in [0.1, 0.15) is 24.4 Å². The summed E-state index contributed by atoms with van der Waals surface area (Å²) in [6, 6.07) is 13.2. The molecule has 0 aliphatic heterocycles. The number of ether oxygens (including phenoxy) is 1. The van der Waals surface area contributed by atoms with E-state index >= 15 is 0 Å². The minimum Gasteiger partial charge on any atom is -0.390 e. The molecule has 0 spiro atoms. The van der Waals surface area contributed by atoms with Crippen molar-refractivity contribution in [2.75, 3.05) is 12.4 Å². The van der Waals surface area contributed by atoms with Gasteiger partial charge in [-0.2, -0.15) is 0 Å². The Bertz CT molecular complexity index is 978. The molecule has 1 aromatic heterocycles. The van der Waals surface area contributed by atoms with E-state index in [1.54, 1.807) is 36.4 Å². The van der Waals surface area contributed by atoms with Crippen molar-refractivity contribution in [1.29, 1.82) is 0 Å². The molecule has 1 heterocycles. The standard InChI is InChI=1S/C21H21F2N3O2S/c22-18-7-3-1-5-14(18)11-28-12-16(27)13-29-21-25-24-20(26(21)15-9-10-15)17-6-2-4-8-19(17)23/h1-8,15-16,27H,9-13H2/t16-/m1/s1. The van der Waals surface area contributed by atoms with Gasteiger partial charge in [-0.15, -0.1) is 10.2 Å². The lowest BCUT2D eigenvalue weighted by atomic mass is 10.2. The van der Waals surface area contributed by atoms with Crippen LogP contribution in [0.15, 0.2) is 53.7 Å². The van der Waals surface area contributed by atoms with Crippen molar-refractivity contribution in [2.24, 2.45) is 0 Å². The van der Waals surface area contributed by atoms with Gasteiger partial charge < -0.3 is 9.84 Å². The Hall–Kier alpha value is -2.29. The molecule has 29 heavy (non-hydrogen) atoms. The van der Waals surface area contributed by atoms with Crippen molar-refractivity contribution in [1.82, 2.24) is 14.8 Å². The summed E-state index contributed by atoms with van der Waals surface area (Å²) in [5.41, 5.74) is 0.878. The molecule has 2 aromatic carbocycles. The summed E-state index contributed by atoms with van der Waals surface area (Å²) in [4.78, 5) is 0. The first kappa shape index (κ1) is 20.0. The second-order valence-electron chi connectivity index (χ2n) is 6.96. The fourth-order valence-corrected chi connectivity index (χ4v) is 3.91. The molecule has 0 unspecified atom stereocenters. The molecule has 3 aromatic rings. The topological polar surface area (TPSA) is 60.2 Å². The molecule has 8 heteroatoms. The van der Waals surface area contributed by atoms with Gasteiger partial charge in [0.2, 0.25) is 0 Å². The van der Waals surface area contributed by atoms with E-state index in [0.29, 0.717) is 27.9 Å². The Balaban J connectivity index is 1.36. The smallest absolute Gasteiger partial charge is 0.191 e. The second-order valence-corrected chi connectivity index (χ2v) is 7.95. The lowest BCUT2D eigenvalue weighted by Gasteiger charge is -2.12. The van der Waals surface area contributed by atoms with E-state index in [1.165, 1.54) is 23.9 Å². The van der Waals surface area contributed by atoms with Gasteiger partial charge in [0.25, 0.3) is 0 Å². The SMILES string of the molecule is O[C@H](COCc1ccccc1F)CSc1nnc(-c2ccccc2F)n1C1CC1. The molecule has 0 amide bonds. The number of aliphatic hydroxyl groups excluding tert-OH is 1. The van der Waals surface area contributed by atoms with Crippen LogP contribution in [-0.2, 0) is 11.3 Å². The number of rotatable bonds is 9. The van der Waals surface area contributed by atoms with Crippen molar-refractivity contribution in [3.63, 3.8) is 0 Å². The van der Waals surface area contributed by atoms with Gasteiger partial charge in [0.15, 0.2) is 11.0 Å². The molecule has 0 saturated heterocycles. The molecule has 1 atom stereocenters. The zero-order valence-corrected chi connectivity index (χ0v) is 16.5. The van der Waals surface area contributed by atoms with Crippen LogP contribution in [0.25, 0.3) is 11.4 Å². The summed E-state index contributed by atoms with van der Waals surface area (Å²) in [6.07, 6.45) is 1.26. The molecule has 1 aliphatic carbocycles. The molecule has 1 fully saturated rings. The van der Waals surface area contributed by atoms with Crippen LogP contribution in [0, 0.1) is 11.6 Å². The minimum atomic E-state index is -0.743. The van der Waals surface area contributed by atoms with Crippen molar-refractivity contribution in [3.8, 4) is 11.4 Å². The average molecular weight is 417 g/mol. The highest BCUT2D eigenvalue weighted by Crippen LogP contribution is 2.41. The third-order valence-corrected chi connectivity index (χ3v) is 5.71. The first-order valence-electron chi connectivity index (χ1n) is 9.45. The van der Waals surface area contributed by atoms with Gasteiger partial charge >= 0.3 is 0 Å². The summed E-state index contributed by atoms with van der Waals surface area (Å²) >= 11 is 1.36. The number of aliphatic hydroxyl groups is 1. The summed E-state index contributed by atoms with van der Waals surface area (Å²) in [5, 5.41) is 19.3. The molecule has 5 nitrogen and oxygen atoms in total. The summed E-state index contributed by atoms with van der Waals surface area (Å²) in [5.74, 6) is 0.201. The van der Waals surface area contributed by atoms with Crippen LogP contribution in [-0.4, -0.2) is 38.3 Å². The molecule has 1 N–H and O–H groups in total. The Labute approximate surface area is 171 Å². The van der Waals surface area contributed by atoms with E-state index in [-0.39, 0.29) is 30.9 Å². The van der Waals surface area contributed by atoms with E-state index in [4.69, 9.17) is 4.74 Å². The monoisotopic (exact) mass is 417 g/mol. The zero-order chi connectivity index (χ0) is 20.2. The predicted octanol–water partition coefficient (Wildman–Crippen LogP) is 4.23. The average Bonchev–Trinajstić information content (AvgIpc) is 3.47.